The van der Waals surface area contributed by atoms with Gasteiger partial charge < -0.3 is 0 Å². The second kappa shape index (κ2) is 5.48. The Morgan fingerprint density at radius 3 is 2.94 bits per heavy atom. The predicted octanol–water partition coefficient (Wildman–Crippen LogP) is 2.98. The molecule has 0 aliphatic carbocycles. The molecule has 0 radical (unpaired) electrons. The van der Waals surface area contributed by atoms with Crippen LogP contribution in [-0.2, 0) is 0 Å². The maximum atomic E-state index is 5.29. The number of rotatable bonds is 3. The zero-order valence-electron chi connectivity index (χ0n) is 9.14. The lowest BCUT2D eigenvalue weighted by molar-refractivity contribution is 0.992. The average Bonchev–Trinajstić information content (AvgIpc) is 2.32. The number of hydrogen-bond acceptors (Lipinski definition) is 5. The second-order valence-electron chi connectivity index (χ2n) is 3.39. The van der Waals surface area contributed by atoms with E-state index in [2.05, 4.69) is 31.3 Å². The van der Waals surface area contributed by atoms with Crippen molar-refractivity contribution in [2.45, 2.75) is 16.8 Å². The molecule has 0 spiro atoms. The van der Waals surface area contributed by atoms with Crippen LogP contribution in [0.3, 0.4) is 0 Å². The van der Waals surface area contributed by atoms with Crippen LogP contribution in [-0.4, -0.2) is 9.97 Å². The smallest absolute Gasteiger partial charge is 0.238 e. The SMILES string of the molecule is Cc1cnc(NN)nc1Sc1cccc(Br)c1. The van der Waals surface area contributed by atoms with Gasteiger partial charge in [-0.05, 0) is 25.1 Å². The van der Waals surface area contributed by atoms with Crippen LogP contribution < -0.4 is 11.3 Å². The first-order valence-electron chi connectivity index (χ1n) is 4.92. The Morgan fingerprint density at radius 2 is 2.24 bits per heavy atom. The lowest BCUT2D eigenvalue weighted by Gasteiger charge is -2.06. The maximum absolute atomic E-state index is 5.29. The number of aromatic nitrogens is 2. The van der Waals surface area contributed by atoms with E-state index in [9.17, 15) is 0 Å². The number of nitrogens with one attached hydrogen (secondary N) is 1. The van der Waals surface area contributed by atoms with E-state index in [4.69, 9.17) is 5.84 Å². The standard InChI is InChI=1S/C11H11BrN4S/c1-7-6-14-11(16-13)15-10(7)17-9-4-2-3-8(12)5-9/h2-6H,13H2,1H3,(H,14,15,16). The number of nitrogens with two attached hydrogens (primary N) is 1. The number of anilines is 1. The van der Waals surface area contributed by atoms with Gasteiger partial charge in [0.05, 0.1) is 0 Å². The molecule has 2 rings (SSSR count). The lowest BCUT2D eigenvalue weighted by atomic mass is 10.4. The van der Waals surface area contributed by atoms with Gasteiger partial charge in [-0.25, -0.2) is 15.8 Å². The van der Waals surface area contributed by atoms with Crippen molar-refractivity contribution in [1.29, 1.82) is 0 Å². The zero-order chi connectivity index (χ0) is 12.3. The molecule has 88 valence electrons. The second-order valence-corrected chi connectivity index (χ2v) is 5.36. The van der Waals surface area contributed by atoms with Gasteiger partial charge in [-0.3, -0.25) is 5.43 Å². The Kier molecular flexibility index (Phi) is 3.98. The molecule has 3 N–H and O–H groups in total. The van der Waals surface area contributed by atoms with Gasteiger partial charge in [0.2, 0.25) is 5.95 Å². The molecular formula is C11H11BrN4S. The van der Waals surface area contributed by atoms with Gasteiger partial charge in [-0.15, -0.1) is 0 Å². The van der Waals surface area contributed by atoms with Crippen molar-refractivity contribution < 1.29 is 0 Å². The van der Waals surface area contributed by atoms with Gasteiger partial charge in [-0.1, -0.05) is 33.8 Å². The van der Waals surface area contributed by atoms with Crippen LogP contribution in [0.15, 0.2) is 44.9 Å². The summed E-state index contributed by atoms with van der Waals surface area (Å²) in [6.07, 6.45) is 1.75. The van der Waals surface area contributed by atoms with E-state index >= 15 is 0 Å². The Balaban J connectivity index is 2.29. The van der Waals surface area contributed by atoms with Gasteiger partial charge in [0.1, 0.15) is 5.03 Å². The molecule has 0 aliphatic heterocycles. The van der Waals surface area contributed by atoms with Crippen LogP contribution in [0.2, 0.25) is 0 Å². The first kappa shape index (κ1) is 12.3. The average molecular weight is 311 g/mol. The summed E-state index contributed by atoms with van der Waals surface area (Å²) < 4.78 is 1.05. The monoisotopic (exact) mass is 310 g/mol. The number of benzene rings is 1. The highest BCUT2D eigenvalue weighted by molar-refractivity contribution is 9.10. The van der Waals surface area contributed by atoms with Crippen LogP contribution >= 0.6 is 27.7 Å². The third-order valence-electron chi connectivity index (χ3n) is 2.06. The number of nitrogens with zero attached hydrogens (tertiary/aromatic N) is 2. The minimum Gasteiger partial charge on any atom is -0.292 e. The molecule has 0 bridgehead atoms. The molecule has 2 aromatic rings. The molecule has 1 aromatic carbocycles. The minimum atomic E-state index is 0.424. The fraction of sp³-hybridized carbons (Fsp3) is 0.0909. The van der Waals surface area contributed by atoms with Crippen molar-refractivity contribution in [3.63, 3.8) is 0 Å². The van der Waals surface area contributed by atoms with Crippen LogP contribution in [0.1, 0.15) is 5.56 Å². The van der Waals surface area contributed by atoms with Crippen molar-refractivity contribution >= 4 is 33.6 Å². The Hall–Kier alpha value is -1.11. The summed E-state index contributed by atoms with van der Waals surface area (Å²) in [4.78, 5) is 9.48. The van der Waals surface area contributed by atoms with Crippen LogP contribution in [0.25, 0.3) is 0 Å². The zero-order valence-corrected chi connectivity index (χ0v) is 11.5. The quantitative estimate of drug-likeness (QED) is 0.518. The fourth-order valence-corrected chi connectivity index (χ4v) is 2.69. The summed E-state index contributed by atoms with van der Waals surface area (Å²) in [7, 11) is 0. The van der Waals surface area contributed by atoms with Crippen molar-refractivity contribution in [2.24, 2.45) is 5.84 Å². The summed E-state index contributed by atoms with van der Waals surface area (Å²) in [6, 6.07) is 8.06. The van der Waals surface area contributed by atoms with Crippen molar-refractivity contribution in [2.75, 3.05) is 5.43 Å². The molecule has 0 aliphatic rings. The van der Waals surface area contributed by atoms with Gasteiger partial charge >= 0.3 is 0 Å². The van der Waals surface area contributed by atoms with Gasteiger partial charge in [0, 0.05) is 21.1 Å². The first-order valence-corrected chi connectivity index (χ1v) is 6.53. The third-order valence-corrected chi connectivity index (χ3v) is 3.65. The molecule has 0 unspecified atom stereocenters. The van der Waals surface area contributed by atoms with E-state index in [-0.39, 0.29) is 0 Å². The predicted molar refractivity (Wildman–Crippen MR) is 72.8 cm³/mol. The van der Waals surface area contributed by atoms with Gasteiger partial charge in [-0.2, -0.15) is 0 Å². The normalized spacial score (nSPS) is 10.3. The van der Waals surface area contributed by atoms with Crippen molar-refractivity contribution in [3.8, 4) is 0 Å². The molecule has 17 heavy (non-hydrogen) atoms. The molecule has 6 heteroatoms. The van der Waals surface area contributed by atoms with E-state index in [1.54, 1.807) is 18.0 Å². The largest absolute Gasteiger partial charge is 0.292 e. The molecule has 0 amide bonds. The van der Waals surface area contributed by atoms with Gasteiger partial charge in [0.25, 0.3) is 0 Å². The van der Waals surface area contributed by atoms with Crippen molar-refractivity contribution in [3.05, 3.63) is 40.5 Å². The fourth-order valence-electron chi connectivity index (χ4n) is 1.24. The molecule has 4 nitrogen and oxygen atoms in total. The van der Waals surface area contributed by atoms with Crippen LogP contribution in [0, 0.1) is 6.92 Å². The van der Waals surface area contributed by atoms with E-state index in [1.807, 2.05) is 31.2 Å². The third kappa shape index (κ3) is 3.18. The van der Waals surface area contributed by atoms with E-state index < -0.39 is 0 Å². The Bertz CT molecular complexity index is 533. The summed E-state index contributed by atoms with van der Waals surface area (Å²) in [6.45, 7) is 1.97. The van der Waals surface area contributed by atoms with Crippen LogP contribution in [0.5, 0.6) is 0 Å². The van der Waals surface area contributed by atoms with E-state index in [0.29, 0.717) is 5.95 Å². The minimum absolute atomic E-state index is 0.424. The van der Waals surface area contributed by atoms with Gasteiger partial charge in [0.15, 0.2) is 0 Å². The number of hydrazine groups is 1. The topological polar surface area (TPSA) is 63.8 Å². The highest BCUT2D eigenvalue weighted by Gasteiger charge is 2.05. The highest BCUT2D eigenvalue weighted by Crippen LogP contribution is 2.30. The van der Waals surface area contributed by atoms with E-state index in [0.717, 1.165) is 20.0 Å². The van der Waals surface area contributed by atoms with Crippen LogP contribution in [0.4, 0.5) is 5.95 Å². The molecule has 0 saturated heterocycles. The maximum Gasteiger partial charge on any atom is 0.238 e. The number of hydrogen-bond donors (Lipinski definition) is 2. The highest BCUT2D eigenvalue weighted by atomic mass is 79.9. The number of halogens is 1. The molecule has 0 saturated carbocycles. The Labute approximate surface area is 112 Å². The first-order chi connectivity index (χ1) is 8.19. The summed E-state index contributed by atoms with van der Waals surface area (Å²) in [5.41, 5.74) is 3.47. The molecule has 1 heterocycles. The number of aryl methyl sites for hydroxylation is 1. The molecule has 1 aromatic heterocycles. The summed E-state index contributed by atoms with van der Waals surface area (Å²) in [5.74, 6) is 5.72. The summed E-state index contributed by atoms with van der Waals surface area (Å²) >= 11 is 5.02. The lowest BCUT2D eigenvalue weighted by Crippen LogP contribution is -2.10. The van der Waals surface area contributed by atoms with E-state index in [1.165, 1.54) is 0 Å². The molecule has 0 atom stereocenters. The number of nitrogen functional groups attached to an aromatic ring is 1. The molecule has 0 fully saturated rings. The Morgan fingerprint density at radius 1 is 1.41 bits per heavy atom. The summed E-state index contributed by atoms with van der Waals surface area (Å²) in [5, 5.41) is 0.894. The molecular weight excluding hydrogens is 300 g/mol. The van der Waals surface area contributed by atoms with Crippen molar-refractivity contribution in [1.82, 2.24) is 9.97 Å².